The van der Waals surface area contributed by atoms with Crippen LogP contribution in [-0.4, -0.2) is 19.3 Å². The van der Waals surface area contributed by atoms with Crippen molar-refractivity contribution in [3.63, 3.8) is 0 Å². The summed E-state index contributed by atoms with van der Waals surface area (Å²) in [6.45, 7) is 3.60. The molecule has 0 aromatic heterocycles. The smallest absolute Gasteiger partial charge is 0.0978 e. The minimum atomic E-state index is 0.404. The molecule has 0 saturated heterocycles. The Morgan fingerprint density at radius 1 is 1.64 bits per heavy atom. The van der Waals surface area contributed by atoms with E-state index < -0.39 is 0 Å². The van der Waals surface area contributed by atoms with Crippen LogP contribution in [0.3, 0.4) is 0 Å². The van der Waals surface area contributed by atoms with Crippen molar-refractivity contribution in [3.8, 4) is 0 Å². The van der Waals surface area contributed by atoms with Gasteiger partial charge in [0.05, 0.1) is 12.7 Å². The van der Waals surface area contributed by atoms with E-state index in [1.165, 1.54) is 11.3 Å². The monoisotopic (exact) mass is 155 g/mol. The normalized spacial score (nSPS) is 29.0. The molecule has 0 aromatic carbocycles. The molecule has 62 valence electrons. The summed E-state index contributed by atoms with van der Waals surface area (Å²) in [5, 5.41) is 0. The Bertz CT molecular complexity index is 173. The average molecular weight is 155 g/mol. The van der Waals surface area contributed by atoms with Crippen molar-refractivity contribution in [2.45, 2.75) is 25.9 Å². The Morgan fingerprint density at radius 3 is 3.27 bits per heavy atom. The number of hydrogen-bond donors (Lipinski definition) is 1. The van der Waals surface area contributed by atoms with Gasteiger partial charge in [-0.15, -0.1) is 0 Å². The lowest BCUT2D eigenvalue weighted by molar-refractivity contribution is 0.0470. The molecule has 0 spiro atoms. The highest BCUT2D eigenvalue weighted by Gasteiger charge is 2.28. The molecule has 1 heterocycles. The fourth-order valence-electron chi connectivity index (χ4n) is 1.67. The van der Waals surface area contributed by atoms with Gasteiger partial charge >= 0.3 is 0 Å². The summed E-state index contributed by atoms with van der Waals surface area (Å²) in [6, 6.07) is 0. The Kier molecular flexibility index (Phi) is 1.84. The van der Waals surface area contributed by atoms with Crippen LogP contribution in [0.25, 0.3) is 0 Å². The van der Waals surface area contributed by atoms with Crippen LogP contribution in [0.2, 0.25) is 0 Å². The quantitative estimate of drug-likeness (QED) is 0.644. The largest absolute Gasteiger partial charge is 0.378 e. The third-order valence-electron chi connectivity index (χ3n) is 2.18. The number of hydrogen-bond acceptors (Lipinski definition) is 3. The molecule has 0 radical (unpaired) electrons. The predicted molar refractivity (Wildman–Crippen MR) is 40.8 cm³/mol. The summed E-state index contributed by atoms with van der Waals surface area (Å²) in [5.41, 5.74) is 5.55. The molecule has 11 heavy (non-hydrogen) atoms. The van der Waals surface area contributed by atoms with Gasteiger partial charge in [-0.25, -0.2) is 0 Å². The molecule has 3 heteroatoms. The highest BCUT2D eigenvalue weighted by Crippen LogP contribution is 2.29. The summed E-state index contributed by atoms with van der Waals surface area (Å²) in [5.74, 6) is 0. The van der Waals surface area contributed by atoms with Crippen LogP contribution < -0.4 is 5.48 Å². The van der Waals surface area contributed by atoms with Gasteiger partial charge in [-0.1, -0.05) is 0 Å². The van der Waals surface area contributed by atoms with Gasteiger partial charge in [0, 0.05) is 18.7 Å². The maximum Gasteiger partial charge on any atom is 0.0978 e. The molecular formula is C8H13NO2. The average Bonchev–Trinajstić information content (AvgIpc) is 2.46. The topological polar surface area (TPSA) is 30.5 Å². The summed E-state index contributed by atoms with van der Waals surface area (Å²) in [7, 11) is 0. The van der Waals surface area contributed by atoms with Crippen LogP contribution in [0.15, 0.2) is 11.3 Å². The molecule has 0 aromatic rings. The van der Waals surface area contributed by atoms with Crippen molar-refractivity contribution in [1.82, 2.24) is 5.48 Å². The molecule has 1 aliphatic heterocycles. The molecular weight excluding hydrogens is 142 g/mol. The molecule has 0 fully saturated rings. The zero-order chi connectivity index (χ0) is 7.68. The van der Waals surface area contributed by atoms with Crippen LogP contribution >= 0.6 is 0 Å². The minimum absolute atomic E-state index is 0.404. The lowest BCUT2D eigenvalue weighted by atomic mass is 10.2. The van der Waals surface area contributed by atoms with E-state index in [9.17, 15) is 0 Å². The van der Waals surface area contributed by atoms with E-state index in [4.69, 9.17) is 9.57 Å². The number of nitrogens with one attached hydrogen (secondary N) is 1. The Morgan fingerprint density at radius 2 is 2.55 bits per heavy atom. The van der Waals surface area contributed by atoms with E-state index in [1.807, 2.05) is 6.92 Å². The Hall–Kier alpha value is -0.540. The number of ether oxygens (including phenoxy) is 1. The molecule has 3 nitrogen and oxygen atoms in total. The summed E-state index contributed by atoms with van der Waals surface area (Å²) < 4.78 is 5.50. The van der Waals surface area contributed by atoms with Gasteiger partial charge in [-0.2, -0.15) is 0 Å². The van der Waals surface area contributed by atoms with Crippen LogP contribution in [-0.2, 0) is 9.57 Å². The lowest BCUT2D eigenvalue weighted by Gasteiger charge is -2.11. The Labute approximate surface area is 66.3 Å². The molecule has 1 aliphatic carbocycles. The van der Waals surface area contributed by atoms with Crippen LogP contribution in [0.5, 0.6) is 0 Å². The second-order valence-corrected chi connectivity index (χ2v) is 2.96. The first-order valence-electron chi connectivity index (χ1n) is 4.10. The van der Waals surface area contributed by atoms with Crippen molar-refractivity contribution in [2.75, 3.05) is 13.2 Å². The second kappa shape index (κ2) is 2.83. The maximum atomic E-state index is 5.50. The molecule has 0 saturated carbocycles. The molecule has 1 unspecified atom stereocenters. The van der Waals surface area contributed by atoms with Crippen molar-refractivity contribution >= 4 is 0 Å². The molecule has 0 bridgehead atoms. The minimum Gasteiger partial charge on any atom is -0.378 e. The number of hydroxylamine groups is 1. The van der Waals surface area contributed by atoms with Crippen LogP contribution in [0.1, 0.15) is 19.8 Å². The first-order chi connectivity index (χ1) is 5.40. The van der Waals surface area contributed by atoms with Gasteiger partial charge in [-0.3, -0.25) is 10.3 Å². The maximum absolute atomic E-state index is 5.50. The van der Waals surface area contributed by atoms with Crippen molar-refractivity contribution in [3.05, 3.63) is 11.3 Å². The lowest BCUT2D eigenvalue weighted by Crippen LogP contribution is -2.15. The van der Waals surface area contributed by atoms with E-state index in [2.05, 4.69) is 5.48 Å². The van der Waals surface area contributed by atoms with Crippen molar-refractivity contribution in [1.29, 1.82) is 0 Å². The van der Waals surface area contributed by atoms with Gasteiger partial charge in [0.25, 0.3) is 0 Å². The van der Waals surface area contributed by atoms with Crippen LogP contribution in [0.4, 0.5) is 0 Å². The van der Waals surface area contributed by atoms with Gasteiger partial charge in [-0.05, 0) is 18.9 Å². The predicted octanol–water partition coefficient (Wildman–Crippen LogP) is 0.974. The SMILES string of the molecule is CCOC1CC2=C(C1)NOC2. The second-order valence-electron chi connectivity index (χ2n) is 2.96. The molecule has 2 aliphatic rings. The third-order valence-corrected chi connectivity index (χ3v) is 2.18. The zero-order valence-corrected chi connectivity index (χ0v) is 6.72. The zero-order valence-electron chi connectivity index (χ0n) is 6.72. The fourth-order valence-corrected chi connectivity index (χ4v) is 1.67. The molecule has 1 atom stereocenters. The first-order valence-corrected chi connectivity index (χ1v) is 4.10. The Balaban J connectivity index is 1.90. The molecule has 0 amide bonds. The highest BCUT2D eigenvalue weighted by molar-refractivity contribution is 5.22. The molecule has 2 rings (SSSR count). The standard InChI is InChI=1S/C8H13NO2/c1-2-10-7-3-6-5-11-9-8(6)4-7/h7,9H,2-5H2,1H3. The van der Waals surface area contributed by atoms with E-state index in [1.54, 1.807) is 0 Å². The fraction of sp³-hybridized carbons (Fsp3) is 0.750. The van der Waals surface area contributed by atoms with Gasteiger partial charge in [0.2, 0.25) is 0 Å². The summed E-state index contributed by atoms with van der Waals surface area (Å²) >= 11 is 0. The van der Waals surface area contributed by atoms with Crippen molar-refractivity contribution < 1.29 is 9.57 Å². The van der Waals surface area contributed by atoms with E-state index in [-0.39, 0.29) is 0 Å². The first kappa shape index (κ1) is 7.13. The van der Waals surface area contributed by atoms with Gasteiger partial charge in [0.15, 0.2) is 0 Å². The van der Waals surface area contributed by atoms with Gasteiger partial charge < -0.3 is 4.74 Å². The van der Waals surface area contributed by atoms with E-state index >= 15 is 0 Å². The summed E-state index contributed by atoms with van der Waals surface area (Å²) in [6.07, 6.45) is 2.46. The van der Waals surface area contributed by atoms with E-state index in [0.29, 0.717) is 6.10 Å². The highest BCUT2D eigenvalue weighted by atomic mass is 16.6. The van der Waals surface area contributed by atoms with Crippen LogP contribution in [0, 0.1) is 0 Å². The van der Waals surface area contributed by atoms with Gasteiger partial charge in [0.1, 0.15) is 0 Å². The molecule has 1 N–H and O–H groups in total. The third kappa shape index (κ3) is 1.26. The number of rotatable bonds is 2. The van der Waals surface area contributed by atoms with E-state index in [0.717, 1.165) is 26.1 Å². The van der Waals surface area contributed by atoms with Crippen molar-refractivity contribution in [2.24, 2.45) is 0 Å². The summed E-state index contributed by atoms with van der Waals surface area (Å²) in [4.78, 5) is 5.06.